The van der Waals surface area contributed by atoms with E-state index in [0.717, 1.165) is 6.29 Å². The molecule has 0 radical (unpaired) electrons. The summed E-state index contributed by atoms with van der Waals surface area (Å²) in [6.07, 6.45) is 7.00. The molecule has 1 unspecified atom stereocenters. The molecule has 1 aliphatic rings. The Kier molecular flexibility index (Phi) is 5.83. The number of phosphoric ester groups is 1. The van der Waals surface area contributed by atoms with E-state index in [4.69, 9.17) is 14.9 Å². The van der Waals surface area contributed by atoms with Crippen molar-refractivity contribution in [2.45, 2.75) is 25.7 Å². The molecule has 0 aromatic carbocycles. The minimum Gasteiger partial charge on any atom is -0.478 e. The number of hydrogen-bond donors (Lipinski definition) is 3. The maximum Gasteiger partial charge on any atom is 0.469 e. The lowest BCUT2D eigenvalue weighted by molar-refractivity contribution is -0.132. The molecule has 0 aliphatic heterocycles. The molecule has 20 heavy (non-hydrogen) atoms. The third-order valence-corrected chi connectivity index (χ3v) is 3.59. The molecule has 0 spiro atoms. The van der Waals surface area contributed by atoms with Crippen molar-refractivity contribution in [3.05, 3.63) is 23.8 Å². The van der Waals surface area contributed by atoms with E-state index < -0.39 is 19.2 Å². The second-order valence-corrected chi connectivity index (χ2v) is 5.87. The van der Waals surface area contributed by atoms with Gasteiger partial charge in [0.25, 0.3) is 0 Å². The van der Waals surface area contributed by atoms with Gasteiger partial charge in [0.1, 0.15) is 6.29 Å². The first-order valence-corrected chi connectivity index (χ1v) is 7.60. The van der Waals surface area contributed by atoms with E-state index in [1.165, 1.54) is 12.2 Å². The van der Waals surface area contributed by atoms with Crippen molar-refractivity contribution in [1.29, 1.82) is 0 Å². The number of carbonyl (C=O) groups is 2. The van der Waals surface area contributed by atoms with Gasteiger partial charge in [0.2, 0.25) is 0 Å². The Morgan fingerprint density at radius 2 is 2.15 bits per heavy atom. The molecule has 112 valence electrons. The molecule has 0 aromatic rings. The number of aliphatic carboxylic acids is 1. The molecule has 0 bridgehead atoms. The highest BCUT2D eigenvalue weighted by Gasteiger charge is 2.28. The zero-order chi connectivity index (χ0) is 15.2. The molecule has 1 rings (SSSR count). The van der Waals surface area contributed by atoms with Crippen LogP contribution in [0.2, 0.25) is 0 Å². The van der Waals surface area contributed by atoms with E-state index in [0.29, 0.717) is 25.7 Å². The number of rotatable bonds is 8. The topological polar surface area (TPSA) is 121 Å². The summed E-state index contributed by atoms with van der Waals surface area (Å²) in [5.74, 6) is -1.03. The zero-order valence-electron chi connectivity index (χ0n) is 10.8. The number of hydrogen-bond acceptors (Lipinski definition) is 4. The number of carboxylic acids is 1. The fraction of sp³-hybridized carbons (Fsp3) is 0.500. The number of carbonyl (C=O) groups excluding carboxylic acids is 1. The standard InChI is InChI=1S/C12H17O7P/c13-9-12(5-1-2-8-19-20(16,17)18)6-3-10(4-7-12)11(14)15/h3-4,6,9H,1-2,5,7-8H2,(H,14,15)(H2,16,17,18). The summed E-state index contributed by atoms with van der Waals surface area (Å²) in [4.78, 5) is 39.0. The summed E-state index contributed by atoms with van der Waals surface area (Å²) in [7, 11) is -4.44. The molecule has 0 aromatic heterocycles. The molecule has 8 heteroatoms. The minimum absolute atomic E-state index is 0.0842. The highest BCUT2D eigenvalue weighted by atomic mass is 31.2. The van der Waals surface area contributed by atoms with Crippen LogP contribution < -0.4 is 0 Å². The number of allylic oxidation sites excluding steroid dienone is 2. The van der Waals surface area contributed by atoms with Crippen molar-refractivity contribution >= 4 is 20.1 Å². The quantitative estimate of drug-likeness (QED) is 0.352. The van der Waals surface area contributed by atoms with Crippen LogP contribution in [-0.4, -0.2) is 33.8 Å². The summed E-state index contributed by atoms with van der Waals surface area (Å²) in [6.45, 7) is -0.0842. The van der Waals surface area contributed by atoms with Crippen molar-refractivity contribution in [2.75, 3.05) is 6.61 Å². The molecular formula is C12H17O7P. The van der Waals surface area contributed by atoms with Gasteiger partial charge < -0.3 is 19.7 Å². The Bertz CT molecular complexity index is 476. The maximum absolute atomic E-state index is 11.2. The van der Waals surface area contributed by atoms with Gasteiger partial charge in [0.15, 0.2) is 0 Å². The van der Waals surface area contributed by atoms with E-state index in [9.17, 15) is 14.2 Å². The van der Waals surface area contributed by atoms with Crippen LogP contribution in [0, 0.1) is 5.41 Å². The first-order valence-electron chi connectivity index (χ1n) is 6.07. The number of phosphoric acid groups is 1. The third kappa shape index (κ3) is 5.38. The fourth-order valence-corrected chi connectivity index (χ4v) is 2.29. The molecule has 0 amide bonds. The maximum atomic E-state index is 11.2. The van der Waals surface area contributed by atoms with E-state index in [2.05, 4.69) is 4.52 Å². The van der Waals surface area contributed by atoms with Crippen molar-refractivity contribution in [2.24, 2.45) is 5.41 Å². The van der Waals surface area contributed by atoms with Crippen molar-refractivity contribution in [3.63, 3.8) is 0 Å². The highest BCUT2D eigenvalue weighted by molar-refractivity contribution is 7.46. The predicted octanol–water partition coefficient (Wildman–Crippen LogP) is 1.42. The Labute approximate surface area is 116 Å². The lowest BCUT2D eigenvalue weighted by Gasteiger charge is -2.25. The average molecular weight is 304 g/mol. The van der Waals surface area contributed by atoms with E-state index in [1.807, 2.05) is 0 Å². The molecule has 0 saturated heterocycles. The molecule has 7 nitrogen and oxygen atoms in total. The second-order valence-electron chi connectivity index (χ2n) is 4.63. The average Bonchev–Trinajstić information content (AvgIpc) is 2.37. The van der Waals surface area contributed by atoms with E-state index in [1.54, 1.807) is 6.08 Å². The SMILES string of the molecule is O=CC1(CCCCOP(=O)(O)O)C=CC(C(=O)O)=CC1. The largest absolute Gasteiger partial charge is 0.478 e. The lowest BCUT2D eigenvalue weighted by Crippen LogP contribution is -2.22. The van der Waals surface area contributed by atoms with Gasteiger partial charge in [0, 0.05) is 5.41 Å². The van der Waals surface area contributed by atoms with Crippen LogP contribution in [0.4, 0.5) is 0 Å². The van der Waals surface area contributed by atoms with Crippen LogP contribution in [-0.2, 0) is 18.7 Å². The van der Waals surface area contributed by atoms with Gasteiger partial charge in [-0.2, -0.15) is 0 Å². The van der Waals surface area contributed by atoms with Crippen LogP contribution in [0.5, 0.6) is 0 Å². The van der Waals surface area contributed by atoms with Crippen molar-refractivity contribution in [3.8, 4) is 0 Å². The third-order valence-electron chi connectivity index (χ3n) is 3.07. The van der Waals surface area contributed by atoms with Gasteiger partial charge in [-0.3, -0.25) is 4.52 Å². The minimum atomic E-state index is -4.44. The second kappa shape index (κ2) is 6.95. The summed E-state index contributed by atoms with van der Waals surface area (Å²) in [5.41, 5.74) is -0.575. The molecule has 1 atom stereocenters. The van der Waals surface area contributed by atoms with Crippen LogP contribution in [0.1, 0.15) is 25.7 Å². The fourth-order valence-electron chi connectivity index (χ4n) is 1.92. The Morgan fingerprint density at radius 1 is 1.45 bits per heavy atom. The van der Waals surface area contributed by atoms with Gasteiger partial charge >= 0.3 is 13.8 Å². The number of carboxylic acid groups (broad SMARTS) is 1. The van der Waals surface area contributed by atoms with Crippen LogP contribution in [0.3, 0.4) is 0 Å². The molecule has 0 saturated carbocycles. The summed E-state index contributed by atoms with van der Waals surface area (Å²) < 4.78 is 14.8. The van der Waals surface area contributed by atoms with E-state index in [-0.39, 0.29) is 12.2 Å². The van der Waals surface area contributed by atoms with Gasteiger partial charge in [-0.15, -0.1) is 0 Å². The molecule has 3 N–H and O–H groups in total. The van der Waals surface area contributed by atoms with Crippen LogP contribution in [0.25, 0.3) is 0 Å². The number of unbranched alkanes of at least 4 members (excludes halogenated alkanes) is 1. The molecule has 0 fully saturated rings. The molecular weight excluding hydrogens is 287 g/mol. The highest BCUT2D eigenvalue weighted by Crippen LogP contribution is 2.37. The summed E-state index contributed by atoms with van der Waals surface area (Å²) in [5, 5.41) is 8.81. The van der Waals surface area contributed by atoms with Gasteiger partial charge in [-0.05, 0) is 25.7 Å². The number of aldehydes is 1. The summed E-state index contributed by atoms with van der Waals surface area (Å²) in [6, 6.07) is 0. The van der Waals surface area contributed by atoms with Gasteiger partial charge in [-0.25, -0.2) is 9.36 Å². The summed E-state index contributed by atoms with van der Waals surface area (Å²) >= 11 is 0. The Hall–Kier alpha value is -1.27. The molecule has 0 heterocycles. The monoisotopic (exact) mass is 304 g/mol. The lowest BCUT2D eigenvalue weighted by atomic mass is 9.77. The Morgan fingerprint density at radius 3 is 2.60 bits per heavy atom. The normalized spacial score (nSPS) is 22.4. The van der Waals surface area contributed by atoms with Gasteiger partial charge in [-0.1, -0.05) is 18.2 Å². The van der Waals surface area contributed by atoms with Crippen molar-refractivity contribution < 1.29 is 33.6 Å². The first kappa shape index (κ1) is 16.8. The smallest absolute Gasteiger partial charge is 0.469 e. The van der Waals surface area contributed by atoms with Gasteiger partial charge in [0.05, 0.1) is 12.2 Å². The van der Waals surface area contributed by atoms with Crippen molar-refractivity contribution in [1.82, 2.24) is 0 Å². The predicted molar refractivity (Wildman–Crippen MR) is 69.8 cm³/mol. The van der Waals surface area contributed by atoms with E-state index >= 15 is 0 Å². The van der Waals surface area contributed by atoms with Crippen LogP contribution >= 0.6 is 7.82 Å². The first-order chi connectivity index (χ1) is 9.28. The van der Waals surface area contributed by atoms with Crippen LogP contribution in [0.15, 0.2) is 23.8 Å². The Balaban J connectivity index is 2.42. The zero-order valence-corrected chi connectivity index (χ0v) is 11.7. The molecule has 1 aliphatic carbocycles.